The van der Waals surface area contributed by atoms with Crippen LogP contribution in [0.25, 0.3) is 0 Å². The molecule has 146 valence electrons. The van der Waals surface area contributed by atoms with Gasteiger partial charge in [-0.1, -0.05) is 41.6 Å². The Morgan fingerprint density at radius 1 is 1.21 bits per heavy atom. The number of thioether (sulfide) groups is 1. The van der Waals surface area contributed by atoms with E-state index in [-0.39, 0.29) is 35.1 Å². The smallest absolute Gasteiger partial charge is 0.252 e. The van der Waals surface area contributed by atoms with Gasteiger partial charge in [-0.2, -0.15) is 4.99 Å². The van der Waals surface area contributed by atoms with Crippen molar-refractivity contribution in [3.05, 3.63) is 62.7 Å². The maximum Gasteiger partial charge on any atom is 0.252 e. The van der Waals surface area contributed by atoms with Gasteiger partial charge in [0.05, 0.1) is 24.0 Å². The molecule has 0 N–H and O–H groups in total. The summed E-state index contributed by atoms with van der Waals surface area (Å²) in [6.45, 7) is 0. The van der Waals surface area contributed by atoms with Crippen molar-refractivity contribution in [1.29, 1.82) is 0 Å². The van der Waals surface area contributed by atoms with Crippen LogP contribution in [0.15, 0.2) is 53.5 Å². The van der Waals surface area contributed by atoms with E-state index in [1.165, 1.54) is 11.8 Å². The maximum atomic E-state index is 12.6. The lowest BCUT2D eigenvalue weighted by Crippen LogP contribution is -2.37. The Bertz CT molecular complexity index is 1060. The number of benzene rings is 2. The molecule has 9 heteroatoms. The molecule has 0 aliphatic carbocycles. The third-order valence-electron chi connectivity index (χ3n) is 4.64. The van der Waals surface area contributed by atoms with Gasteiger partial charge in [0.25, 0.3) is 5.91 Å². The fourth-order valence-corrected chi connectivity index (χ4v) is 8.00. The molecule has 2 atom stereocenters. The Morgan fingerprint density at radius 3 is 2.68 bits per heavy atom. The van der Waals surface area contributed by atoms with Gasteiger partial charge in [0.15, 0.2) is 15.0 Å². The van der Waals surface area contributed by atoms with Crippen molar-refractivity contribution < 1.29 is 13.2 Å². The number of carbonyl (C=O) groups is 1. The van der Waals surface area contributed by atoms with Gasteiger partial charge in [0.1, 0.15) is 0 Å². The summed E-state index contributed by atoms with van der Waals surface area (Å²) in [6, 6.07) is 14.7. The Morgan fingerprint density at radius 2 is 1.96 bits per heavy atom. The van der Waals surface area contributed by atoms with E-state index >= 15 is 0 Å². The molecule has 2 aliphatic rings. The summed E-state index contributed by atoms with van der Waals surface area (Å²) in [6.07, 6.45) is 0.176. The lowest BCUT2D eigenvalue weighted by Gasteiger charge is -2.24. The van der Waals surface area contributed by atoms with Crippen LogP contribution in [0.3, 0.4) is 0 Å². The molecule has 0 saturated carbocycles. The normalized spacial score (nSPS) is 24.5. The second kappa shape index (κ2) is 7.97. The van der Waals surface area contributed by atoms with Gasteiger partial charge in [0.2, 0.25) is 0 Å². The molecule has 2 aromatic carbocycles. The first-order valence-electron chi connectivity index (χ1n) is 8.58. The molecule has 2 saturated heterocycles. The molecule has 1 amide bonds. The van der Waals surface area contributed by atoms with Crippen LogP contribution in [-0.2, 0) is 21.1 Å². The molecule has 4 rings (SSSR count). The number of sulfone groups is 1. The summed E-state index contributed by atoms with van der Waals surface area (Å²) in [5.74, 6) is -0.0588. The number of fused-ring (bicyclic) bond motifs is 1. The number of anilines is 1. The van der Waals surface area contributed by atoms with E-state index in [0.717, 1.165) is 14.8 Å². The van der Waals surface area contributed by atoms with Crippen molar-refractivity contribution in [3.8, 4) is 0 Å². The van der Waals surface area contributed by atoms with Gasteiger partial charge in [0, 0.05) is 19.5 Å². The molecule has 2 aliphatic heterocycles. The average Bonchev–Trinajstić information content (AvgIpc) is 3.07. The van der Waals surface area contributed by atoms with Crippen LogP contribution in [-0.4, -0.2) is 42.3 Å². The van der Waals surface area contributed by atoms with E-state index in [1.54, 1.807) is 24.3 Å². The van der Waals surface area contributed by atoms with Crippen LogP contribution < -0.4 is 4.90 Å². The molecule has 0 radical (unpaired) electrons. The minimum atomic E-state index is -3.08. The second-order valence-electron chi connectivity index (χ2n) is 6.74. The standard InChI is InChI=1S/C19H16ClIN2O3S2/c20-13-6-4-12(5-7-13)8-18(24)22-19-23(15-3-1-2-14(21)9-15)16-10-28(25,26)11-17(16)27-19/h1-7,9,16-17H,8,10-11H2/t16-,17+/m0/s1. The number of amidine groups is 1. The molecular formula is C19H16ClIN2O3S2. The van der Waals surface area contributed by atoms with Crippen molar-refractivity contribution in [2.75, 3.05) is 16.4 Å². The minimum Gasteiger partial charge on any atom is -0.316 e. The molecule has 0 unspecified atom stereocenters. The highest BCUT2D eigenvalue weighted by Gasteiger charge is 2.49. The highest BCUT2D eigenvalue weighted by Crippen LogP contribution is 2.41. The molecular weight excluding hydrogens is 531 g/mol. The third-order valence-corrected chi connectivity index (χ3v) is 8.77. The van der Waals surface area contributed by atoms with Crippen LogP contribution in [0, 0.1) is 3.57 Å². The van der Waals surface area contributed by atoms with Crippen LogP contribution in [0.4, 0.5) is 5.69 Å². The number of amides is 1. The van der Waals surface area contributed by atoms with Crippen LogP contribution in [0.2, 0.25) is 5.02 Å². The number of nitrogens with zero attached hydrogens (tertiary/aromatic N) is 2. The van der Waals surface area contributed by atoms with Gasteiger partial charge < -0.3 is 4.90 Å². The minimum absolute atomic E-state index is 0.0839. The SMILES string of the molecule is O=C(Cc1ccc(Cl)cc1)N=C1S[C@@H]2CS(=O)(=O)C[C@@H]2N1c1cccc(I)c1. The van der Waals surface area contributed by atoms with Gasteiger partial charge >= 0.3 is 0 Å². The van der Waals surface area contributed by atoms with Crippen molar-refractivity contribution >= 4 is 72.6 Å². The van der Waals surface area contributed by atoms with E-state index in [9.17, 15) is 13.2 Å². The molecule has 0 bridgehead atoms. The van der Waals surface area contributed by atoms with Crippen molar-refractivity contribution in [2.45, 2.75) is 17.7 Å². The largest absolute Gasteiger partial charge is 0.316 e. The van der Waals surface area contributed by atoms with Crippen molar-refractivity contribution in [3.63, 3.8) is 0 Å². The summed E-state index contributed by atoms with van der Waals surface area (Å²) in [7, 11) is -3.08. The van der Waals surface area contributed by atoms with Gasteiger partial charge in [-0.15, -0.1) is 0 Å². The number of rotatable bonds is 3. The number of halogens is 2. The van der Waals surface area contributed by atoms with E-state index in [2.05, 4.69) is 27.6 Å². The summed E-state index contributed by atoms with van der Waals surface area (Å²) in [4.78, 5) is 18.8. The zero-order valence-corrected chi connectivity index (χ0v) is 19.1. The molecule has 0 spiro atoms. The summed E-state index contributed by atoms with van der Waals surface area (Å²) >= 11 is 9.50. The fourth-order valence-electron chi connectivity index (χ4n) is 3.42. The third kappa shape index (κ3) is 4.39. The topological polar surface area (TPSA) is 66.8 Å². The van der Waals surface area contributed by atoms with E-state index in [1.807, 2.05) is 29.2 Å². The summed E-state index contributed by atoms with van der Waals surface area (Å²) in [5.41, 5.74) is 1.70. The van der Waals surface area contributed by atoms with Crippen molar-refractivity contribution in [2.24, 2.45) is 4.99 Å². The predicted molar refractivity (Wildman–Crippen MR) is 123 cm³/mol. The van der Waals surface area contributed by atoms with Crippen LogP contribution in [0.1, 0.15) is 5.56 Å². The van der Waals surface area contributed by atoms with E-state index in [0.29, 0.717) is 10.2 Å². The molecule has 0 aromatic heterocycles. The summed E-state index contributed by atoms with van der Waals surface area (Å²) < 4.78 is 25.3. The first-order valence-corrected chi connectivity index (χ1v) is 12.7. The number of carbonyl (C=O) groups excluding carboxylic acids is 1. The predicted octanol–water partition coefficient (Wildman–Crippen LogP) is 3.79. The van der Waals surface area contributed by atoms with E-state index < -0.39 is 9.84 Å². The Balaban J connectivity index is 1.63. The number of aliphatic imine (C=N–C) groups is 1. The van der Waals surface area contributed by atoms with Crippen molar-refractivity contribution in [1.82, 2.24) is 0 Å². The maximum absolute atomic E-state index is 12.6. The summed E-state index contributed by atoms with van der Waals surface area (Å²) in [5, 5.41) is 1.09. The lowest BCUT2D eigenvalue weighted by atomic mass is 10.1. The number of hydrogen-bond donors (Lipinski definition) is 0. The average molecular weight is 547 g/mol. The second-order valence-corrected chi connectivity index (χ2v) is 11.8. The first-order chi connectivity index (χ1) is 13.3. The van der Waals surface area contributed by atoms with Gasteiger partial charge in [-0.3, -0.25) is 4.79 Å². The fraction of sp³-hybridized carbons (Fsp3) is 0.263. The van der Waals surface area contributed by atoms with Gasteiger partial charge in [-0.25, -0.2) is 8.42 Å². The highest BCUT2D eigenvalue weighted by atomic mass is 127. The van der Waals surface area contributed by atoms with Crippen LogP contribution in [0.5, 0.6) is 0 Å². The Hall–Kier alpha value is -1.10. The zero-order valence-electron chi connectivity index (χ0n) is 14.6. The quantitative estimate of drug-likeness (QED) is 0.548. The molecule has 5 nitrogen and oxygen atoms in total. The zero-order chi connectivity index (χ0) is 19.9. The monoisotopic (exact) mass is 546 g/mol. The Kier molecular flexibility index (Phi) is 5.74. The van der Waals surface area contributed by atoms with E-state index in [4.69, 9.17) is 11.6 Å². The van der Waals surface area contributed by atoms with Crippen LogP contribution >= 0.6 is 46.0 Å². The molecule has 2 heterocycles. The molecule has 28 heavy (non-hydrogen) atoms. The highest BCUT2D eigenvalue weighted by molar-refractivity contribution is 14.1. The first kappa shape index (κ1) is 20.2. The number of hydrogen-bond acceptors (Lipinski definition) is 4. The molecule has 2 aromatic rings. The molecule has 2 fully saturated rings. The Labute approximate surface area is 186 Å². The van der Waals surface area contributed by atoms with Gasteiger partial charge in [-0.05, 0) is 58.5 Å². The lowest BCUT2D eigenvalue weighted by molar-refractivity contribution is -0.117.